The van der Waals surface area contributed by atoms with Crippen molar-refractivity contribution in [3.8, 4) is 0 Å². The monoisotopic (exact) mass is 256 g/mol. The maximum atomic E-state index is 10.9. The van der Waals surface area contributed by atoms with Crippen molar-refractivity contribution in [3.05, 3.63) is 34.9 Å². The minimum atomic E-state index is -0.736. The maximum Gasteiger partial charge on any atom is 0.104 e. The van der Waals surface area contributed by atoms with E-state index in [0.29, 0.717) is 5.02 Å². The minimum Gasteiger partial charge on any atom is -0.384 e. The summed E-state index contributed by atoms with van der Waals surface area (Å²) in [5.74, 6) is 1.89. The first-order chi connectivity index (χ1) is 7.46. The van der Waals surface area contributed by atoms with E-state index in [0.717, 1.165) is 23.5 Å². The van der Waals surface area contributed by atoms with Crippen LogP contribution in [0, 0.1) is 5.41 Å². The van der Waals surface area contributed by atoms with Gasteiger partial charge in [0.05, 0.1) is 0 Å². The smallest absolute Gasteiger partial charge is 0.104 e. The van der Waals surface area contributed by atoms with Crippen LogP contribution >= 0.6 is 23.4 Å². The highest BCUT2D eigenvalue weighted by Gasteiger charge is 2.46. The molecule has 1 saturated heterocycles. The molecule has 0 aromatic heterocycles. The zero-order valence-corrected chi connectivity index (χ0v) is 11.2. The van der Waals surface area contributed by atoms with Crippen molar-refractivity contribution in [2.45, 2.75) is 25.9 Å². The SMILES string of the molecule is CC1(C)CCSCC1(O)c1ccc(Cl)cc1. The Labute approximate surface area is 106 Å². The summed E-state index contributed by atoms with van der Waals surface area (Å²) >= 11 is 7.70. The van der Waals surface area contributed by atoms with Crippen LogP contribution in [0.15, 0.2) is 24.3 Å². The summed E-state index contributed by atoms with van der Waals surface area (Å²) in [6, 6.07) is 7.58. The molecular formula is C13H17ClOS. The van der Waals surface area contributed by atoms with E-state index in [9.17, 15) is 5.11 Å². The molecule has 2 rings (SSSR count). The van der Waals surface area contributed by atoms with Gasteiger partial charge in [0, 0.05) is 10.8 Å². The van der Waals surface area contributed by atoms with Gasteiger partial charge in [-0.15, -0.1) is 0 Å². The van der Waals surface area contributed by atoms with Gasteiger partial charge in [-0.25, -0.2) is 0 Å². The third-order valence-electron chi connectivity index (χ3n) is 3.62. The summed E-state index contributed by atoms with van der Waals surface area (Å²) in [5, 5.41) is 11.6. The largest absolute Gasteiger partial charge is 0.384 e. The number of hydrogen-bond acceptors (Lipinski definition) is 2. The third kappa shape index (κ3) is 1.99. The summed E-state index contributed by atoms with van der Waals surface area (Å²) in [5.41, 5.74) is 0.168. The summed E-state index contributed by atoms with van der Waals surface area (Å²) in [4.78, 5) is 0. The Morgan fingerprint density at radius 3 is 2.44 bits per heavy atom. The molecule has 1 aromatic rings. The molecule has 0 bridgehead atoms. The zero-order valence-electron chi connectivity index (χ0n) is 9.66. The van der Waals surface area contributed by atoms with Crippen LogP contribution in [-0.2, 0) is 5.60 Å². The van der Waals surface area contributed by atoms with Crippen molar-refractivity contribution in [1.82, 2.24) is 0 Å². The fourth-order valence-electron chi connectivity index (χ4n) is 2.15. The lowest BCUT2D eigenvalue weighted by molar-refractivity contribution is -0.0578. The summed E-state index contributed by atoms with van der Waals surface area (Å²) in [6.45, 7) is 4.28. The first-order valence-corrected chi connectivity index (χ1v) is 7.05. The predicted octanol–water partition coefficient (Wildman–Crippen LogP) is 3.69. The van der Waals surface area contributed by atoms with Gasteiger partial charge in [-0.3, -0.25) is 0 Å². The number of halogens is 1. The van der Waals surface area contributed by atoms with E-state index < -0.39 is 5.60 Å². The van der Waals surface area contributed by atoms with Crippen molar-refractivity contribution in [2.75, 3.05) is 11.5 Å². The van der Waals surface area contributed by atoms with Crippen LogP contribution in [0.25, 0.3) is 0 Å². The second kappa shape index (κ2) is 4.25. The van der Waals surface area contributed by atoms with Crippen molar-refractivity contribution in [2.24, 2.45) is 5.41 Å². The van der Waals surface area contributed by atoms with Crippen molar-refractivity contribution < 1.29 is 5.11 Å². The maximum absolute atomic E-state index is 10.9. The second-order valence-corrected chi connectivity index (χ2v) is 6.60. The molecule has 0 amide bonds. The third-order valence-corrected chi connectivity index (χ3v) is 4.99. The Kier molecular flexibility index (Phi) is 3.26. The summed E-state index contributed by atoms with van der Waals surface area (Å²) < 4.78 is 0. The average molecular weight is 257 g/mol. The van der Waals surface area contributed by atoms with Gasteiger partial charge in [0.2, 0.25) is 0 Å². The Morgan fingerprint density at radius 2 is 1.88 bits per heavy atom. The molecule has 0 aliphatic carbocycles. The van der Waals surface area contributed by atoms with Gasteiger partial charge >= 0.3 is 0 Å². The highest BCUT2D eigenvalue weighted by molar-refractivity contribution is 7.99. The molecule has 0 radical (unpaired) electrons. The Morgan fingerprint density at radius 1 is 1.25 bits per heavy atom. The number of benzene rings is 1. The zero-order chi connectivity index (χ0) is 11.8. The lowest BCUT2D eigenvalue weighted by atomic mass is 9.70. The number of thioether (sulfide) groups is 1. The molecule has 1 heterocycles. The van der Waals surface area contributed by atoms with E-state index in [1.807, 2.05) is 36.0 Å². The molecule has 1 N–H and O–H groups in total. The molecule has 1 atom stereocenters. The van der Waals surface area contributed by atoms with E-state index >= 15 is 0 Å². The molecule has 1 aliphatic rings. The molecule has 0 saturated carbocycles. The number of rotatable bonds is 1. The van der Waals surface area contributed by atoms with Crippen LogP contribution in [-0.4, -0.2) is 16.6 Å². The van der Waals surface area contributed by atoms with Gasteiger partial charge < -0.3 is 5.11 Å². The van der Waals surface area contributed by atoms with Gasteiger partial charge in [-0.2, -0.15) is 11.8 Å². The van der Waals surface area contributed by atoms with E-state index in [1.54, 1.807) is 0 Å². The standard InChI is InChI=1S/C13H17ClOS/c1-12(2)7-8-16-9-13(12,15)10-3-5-11(14)6-4-10/h3-6,15H,7-9H2,1-2H3. The van der Waals surface area contributed by atoms with Crippen molar-refractivity contribution in [3.63, 3.8) is 0 Å². The highest BCUT2D eigenvalue weighted by Crippen LogP contribution is 2.48. The molecule has 0 spiro atoms. The van der Waals surface area contributed by atoms with Crippen LogP contribution in [0.4, 0.5) is 0 Å². The van der Waals surface area contributed by atoms with Crippen LogP contribution in [0.2, 0.25) is 5.02 Å². The fraction of sp³-hybridized carbons (Fsp3) is 0.538. The van der Waals surface area contributed by atoms with E-state index in [2.05, 4.69) is 13.8 Å². The van der Waals surface area contributed by atoms with Gasteiger partial charge in [-0.05, 0) is 35.3 Å². The van der Waals surface area contributed by atoms with Crippen molar-refractivity contribution in [1.29, 1.82) is 0 Å². The lowest BCUT2D eigenvalue weighted by Gasteiger charge is -2.46. The first kappa shape index (κ1) is 12.3. The molecule has 1 unspecified atom stereocenters. The highest BCUT2D eigenvalue weighted by atomic mass is 35.5. The molecule has 3 heteroatoms. The van der Waals surface area contributed by atoms with E-state index in [4.69, 9.17) is 11.6 Å². The number of hydrogen-bond donors (Lipinski definition) is 1. The van der Waals surface area contributed by atoms with Gasteiger partial charge in [-0.1, -0.05) is 37.6 Å². The van der Waals surface area contributed by atoms with Crippen LogP contribution < -0.4 is 0 Å². The Hall–Kier alpha value is -0.180. The van der Waals surface area contributed by atoms with E-state index in [-0.39, 0.29) is 5.41 Å². The van der Waals surface area contributed by atoms with Crippen LogP contribution in [0.5, 0.6) is 0 Å². The fourth-order valence-corrected chi connectivity index (χ4v) is 3.93. The Balaban J connectivity index is 2.39. The molecular weight excluding hydrogens is 240 g/mol. The molecule has 1 aliphatic heterocycles. The Bertz CT molecular complexity index is 374. The second-order valence-electron chi connectivity index (χ2n) is 5.05. The quantitative estimate of drug-likeness (QED) is 0.827. The van der Waals surface area contributed by atoms with E-state index in [1.165, 1.54) is 0 Å². The molecule has 1 fully saturated rings. The average Bonchev–Trinajstić information content (AvgIpc) is 2.23. The topological polar surface area (TPSA) is 20.2 Å². The molecule has 88 valence electrons. The van der Waals surface area contributed by atoms with Gasteiger partial charge in [0.15, 0.2) is 0 Å². The molecule has 16 heavy (non-hydrogen) atoms. The predicted molar refractivity (Wildman–Crippen MR) is 71.1 cm³/mol. The first-order valence-electron chi connectivity index (χ1n) is 5.52. The molecule has 1 nitrogen and oxygen atoms in total. The van der Waals surface area contributed by atoms with Crippen LogP contribution in [0.3, 0.4) is 0 Å². The summed E-state index contributed by atoms with van der Waals surface area (Å²) in [7, 11) is 0. The van der Waals surface area contributed by atoms with Gasteiger partial charge in [0.25, 0.3) is 0 Å². The minimum absolute atomic E-state index is 0.0773. The summed E-state index contributed by atoms with van der Waals surface area (Å²) in [6.07, 6.45) is 1.04. The van der Waals surface area contributed by atoms with Crippen LogP contribution in [0.1, 0.15) is 25.8 Å². The van der Waals surface area contributed by atoms with Gasteiger partial charge in [0.1, 0.15) is 5.60 Å². The van der Waals surface area contributed by atoms with Crippen molar-refractivity contribution >= 4 is 23.4 Å². The normalized spacial score (nSPS) is 29.0. The molecule has 1 aromatic carbocycles. The number of aliphatic hydroxyl groups is 1. The lowest BCUT2D eigenvalue weighted by Crippen LogP contribution is -2.47.